The molecule has 0 saturated carbocycles. The average Bonchev–Trinajstić information content (AvgIpc) is 0.853. The molecule has 0 radical (unpaired) electrons. The third kappa shape index (κ3) is 29.0. The maximum atomic E-state index is 8.00. The van der Waals surface area contributed by atoms with Crippen LogP contribution < -0.4 is 133 Å². The summed E-state index contributed by atoms with van der Waals surface area (Å²) in [6, 6.07) is 194. The maximum Gasteiger partial charge on any atom is 3.00 e. The summed E-state index contributed by atoms with van der Waals surface area (Å²) in [6.45, 7) is 2.00. The van der Waals surface area contributed by atoms with Crippen molar-refractivity contribution in [2.24, 2.45) is 0 Å². The predicted molar refractivity (Wildman–Crippen MR) is 518 cm³/mol. The van der Waals surface area contributed by atoms with E-state index in [2.05, 4.69) is 546 Å². The van der Waals surface area contributed by atoms with Crippen molar-refractivity contribution >= 4 is 150 Å². The Kier molecular flexibility index (Phi) is 43.5. The van der Waals surface area contributed by atoms with Gasteiger partial charge in [0.25, 0.3) is 0 Å². The van der Waals surface area contributed by atoms with Crippen LogP contribution in [0.4, 0.5) is 0 Å². The van der Waals surface area contributed by atoms with Crippen LogP contribution >= 0.6 is 47.5 Å². The molecule has 0 atom stereocenters. The van der Waals surface area contributed by atoms with Crippen LogP contribution in [0.15, 0.2) is 546 Å². The van der Waals surface area contributed by atoms with Gasteiger partial charge in [0.15, 0.2) is 0 Å². The summed E-state index contributed by atoms with van der Waals surface area (Å²) < 4.78 is 0. The number of halogens is 3. The van der Waals surface area contributed by atoms with E-state index in [0.29, 0.717) is 0 Å². The molecule has 594 valence electrons. The molecule has 0 aliphatic heterocycles. The minimum Gasteiger partial charge on any atom is -1.00 e. The molecule has 0 aliphatic carbocycles. The SMILES string of the molecule is C=O.[Cl-].[Cl-].[Cl-].[Rh+3].c1ccc(P(c2ccccc2)c2ccccc2)cc1.c1ccc(P(c2ccccc2)c2ccccc2)cc1.c1ccc(P(c2ccccc2)c2ccccc2)cc1.c1ccc(P(c2ccccc2)c2ccccc2)cc1.c1ccc(P(c2ccccc2)c2ccccc2)cc1.c1ccc(P(c2ccccc2)c2ccccc2)cc1. The van der Waals surface area contributed by atoms with E-state index in [4.69, 9.17) is 4.79 Å². The third-order valence-electron chi connectivity index (χ3n) is 18.3. The van der Waals surface area contributed by atoms with E-state index in [9.17, 15) is 0 Å². The minimum absolute atomic E-state index is 0. The zero-order chi connectivity index (χ0) is 79.5. The van der Waals surface area contributed by atoms with Gasteiger partial charge in [-0.15, -0.1) is 0 Å². The van der Waals surface area contributed by atoms with Crippen molar-refractivity contribution in [3.8, 4) is 0 Å². The van der Waals surface area contributed by atoms with Crippen LogP contribution in [-0.2, 0) is 24.3 Å². The van der Waals surface area contributed by atoms with Crippen LogP contribution in [0.3, 0.4) is 0 Å². The van der Waals surface area contributed by atoms with Crippen LogP contribution in [0.1, 0.15) is 0 Å². The van der Waals surface area contributed by atoms with Crippen LogP contribution in [0, 0.1) is 0 Å². The van der Waals surface area contributed by atoms with Gasteiger partial charge in [0.05, 0.1) is 0 Å². The number of hydrogen-bond donors (Lipinski definition) is 0. The smallest absolute Gasteiger partial charge is 1.00 e. The Bertz CT molecular complexity index is 4120. The largest absolute Gasteiger partial charge is 3.00 e. The fourth-order valence-corrected chi connectivity index (χ4v) is 26.9. The van der Waals surface area contributed by atoms with Crippen LogP contribution in [0.2, 0.25) is 0 Å². The molecule has 0 amide bonds. The van der Waals surface area contributed by atoms with Gasteiger partial charge in [-0.05, 0) is 143 Å². The van der Waals surface area contributed by atoms with E-state index in [1.54, 1.807) is 0 Å². The molecule has 120 heavy (non-hydrogen) atoms. The Morgan fingerprint density at radius 3 is 0.183 bits per heavy atom. The summed E-state index contributed by atoms with van der Waals surface area (Å²) in [7, 11) is -2.68. The normalized spacial score (nSPS) is 10.1. The molecule has 0 aliphatic rings. The Balaban J connectivity index is 0.000000177. The van der Waals surface area contributed by atoms with Gasteiger partial charge in [0.1, 0.15) is 6.79 Å². The second-order valence-electron chi connectivity index (χ2n) is 26.1. The van der Waals surface area contributed by atoms with E-state index in [1.165, 1.54) is 95.5 Å². The predicted octanol–water partition coefficient (Wildman–Crippen LogP) is 11.5. The molecule has 11 heteroatoms. The van der Waals surface area contributed by atoms with Gasteiger partial charge in [-0.3, -0.25) is 0 Å². The average molecular weight is 1810 g/mol. The Labute approximate surface area is 750 Å². The van der Waals surface area contributed by atoms with Crippen LogP contribution in [0.25, 0.3) is 0 Å². The molecule has 0 saturated heterocycles. The first-order chi connectivity index (χ1) is 57.7. The molecular formula is C109H92Cl3OP6Rh. The van der Waals surface area contributed by atoms with Gasteiger partial charge in [0.2, 0.25) is 0 Å². The third-order valence-corrected chi connectivity index (χ3v) is 32.9. The molecule has 0 unspecified atom stereocenters. The fraction of sp³-hybridized carbons (Fsp3) is 0. The molecule has 0 fully saturated rings. The number of carbonyl (C=O) groups is 1. The number of hydrogen-bond acceptors (Lipinski definition) is 1. The van der Waals surface area contributed by atoms with E-state index < -0.39 is 47.5 Å². The van der Waals surface area contributed by atoms with E-state index in [-0.39, 0.29) is 56.7 Å². The monoisotopic (exact) mass is 1810 g/mol. The number of benzene rings is 18. The van der Waals surface area contributed by atoms with E-state index in [1.807, 2.05) is 6.79 Å². The Hall–Kier alpha value is -10.3. The summed E-state index contributed by atoms with van der Waals surface area (Å²) in [5.41, 5.74) is 0. The molecule has 0 spiro atoms. The topological polar surface area (TPSA) is 17.1 Å². The quantitative estimate of drug-likeness (QED) is 0.0618. The zero-order valence-electron chi connectivity index (χ0n) is 66.2. The molecule has 0 aromatic heterocycles. The maximum absolute atomic E-state index is 8.00. The molecule has 18 aromatic carbocycles. The molecule has 0 N–H and O–H groups in total. The van der Waals surface area contributed by atoms with Crippen molar-refractivity contribution in [1.82, 2.24) is 0 Å². The first kappa shape index (κ1) is 95.2. The molecule has 18 aromatic rings. The Morgan fingerprint density at radius 1 is 0.100 bits per heavy atom. The van der Waals surface area contributed by atoms with Gasteiger partial charge in [0, 0.05) is 0 Å². The van der Waals surface area contributed by atoms with Crippen LogP contribution in [0.5, 0.6) is 0 Å². The first-order valence-corrected chi connectivity index (χ1v) is 46.8. The fourth-order valence-electron chi connectivity index (χ4n) is 13.1. The van der Waals surface area contributed by atoms with Crippen molar-refractivity contribution in [3.05, 3.63) is 546 Å². The van der Waals surface area contributed by atoms with Crippen molar-refractivity contribution in [3.63, 3.8) is 0 Å². The molecule has 1 nitrogen and oxygen atoms in total. The molecular weight excluding hydrogens is 1720 g/mol. The summed E-state index contributed by atoms with van der Waals surface area (Å²) in [4.78, 5) is 8.00. The molecule has 0 heterocycles. The second-order valence-corrected chi connectivity index (χ2v) is 39.4. The summed E-state index contributed by atoms with van der Waals surface area (Å²) in [6.07, 6.45) is 0. The van der Waals surface area contributed by atoms with E-state index in [0.717, 1.165) is 0 Å². The van der Waals surface area contributed by atoms with Gasteiger partial charge < -0.3 is 42.0 Å². The van der Waals surface area contributed by atoms with Gasteiger partial charge in [-0.25, -0.2) is 0 Å². The van der Waals surface area contributed by atoms with Crippen molar-refractivity contribution < 1.29 is 61.5 Å². The van der Waals surface area contributed by atoms with Gasteiger partial charge >= 0.3 is 19.5 Å². The molecule has 0 bridgehead atoms. The number of rotatable bonds is 18. The molecule has 18 rings (SSSR count). The zero-order valence-corrected chi connectivity index (χ0v) is 75.5. The standard InChI is InChI=1S/6C18H15P.CH2O.3ClH.Rh/c6*1-4-10-16(11-5-1)19(17-12-6-2-7-13-17)18-14-8-3-9-15-18;1-2;;;;/h6*1-15H;1H2;3*1H;/q;;;;;;;;;;+3/p-3. The van der Waals surface area contributed by atoms with Crippen molar-refractivity contribution in [2.75, 3.05) is 0 Å². The summed E-state index contributed by atoms with van der Waals surface area (Å²) >= 11 is 0. The first-order valence-electron chi connectivity index (χ1n) is 38.7. The van der Waals surface area contributed by atoms with E-state index >= 15 is 0 Å². The van der Waals surface area contributed by atoms with Gasteiger partial charge in [-0.1, -0.05) is 546 Å². The second kappa shape index (κ2) is 54.8. The van der Waals surface area contributed by atoms with Crippen molar-refractivity contribution in [2.45, 2.75) is 0 Å². The minimum atomic E-state index is -0.446. The van der Waals surface area contributed by atoms with Crippen molar-refractivity contribution in [1.29, 1.82) is 0 Å². The summed E-state index contributed by atoms with van der Waals surface area (Å²) in [5.74, 6) is 0. The van der Waals surface area contributed by atoms with Gasteiger partial charge in [-0.2, -0.15) is 0 Å². The van der Waals surface area contributed by atoms with Crippen LogP contribution in [-0.4, -0.2) is 6.79 Å². The Morgan fingerprint density at radius 2 is 0.142 bits per heavy atom. The summed E-state index contributed by atoms with van der Waals surface area (Å²) in [5, 5.41) is 25.2. The number of carbonyl (C=O) groups excluding carboxylic acids is 1.